The fourth-order valence-electron chi connectivity index (χ4n) is 1.44. The van der Waals surface area contributed by atoms with Gasteiger partial charge in [-0.3, -0.25) is 4.98 Å². The number of nitrogens with zero attached hydrogens (tertiary/aromatic N) is 3. The molecule has 0 atom stereocenters. The number of carbonyl (C=O) groups excluding carboxylic acids is 1. The molecule has 20 heavy (non-hydrogen) atoms. The first-order valence-electron chi connectivity index (χ1n) is 6.02. The van der Waals surface area contributed by atoms with Crippen LogP contribution in [-0.4, -0.2) is 27.5 Å². The fraction of sp³-hybridized carbons (Fsp3) is 0.231. The second-order valence-electron chi connectivity index (χ2n) is 3.82. The predicted molar refractivity (Wildman–Crippen MR) is 76.2 cm³/mol. The molecule has 0 saturated heterocycles. The van der Waals surface area contributed by atoms with Crippen molar-refractivity contribution in [3.05, 3.63) is 41.9 Å². The molecule has 0 fully saturated rings. The number of hydrogen-bond donors (Lipinski definition) is 1. The minimum absolute atomic E-state index is 0.135. The number of thioether (sulfide) groups is 1. The Morgan fingerprint density at radius 1 is 1.40 bits per heavy atom. The molecule has 6 nitrogen and oxygen atoms in total. The highest BCUT2D eigenvalue weighted by atomic mass is 32.2. The largest absolute Gasteiger partial charge is 0.462 e. The maximum atomic E-state index is 11.6. The smallest absolute Gasteiger partial charge is 0.343 e. The first-order valence-corrected chi connectivity index (χ1v) is 7.00. The summed E-state index contributed by atoms with van der Waals surface area (Å²) in [5.41, 5.74) is 7.05. The van der Waals surface area contributed by atoms with Gasteiger partial charge in [0.2, 0.25) is 0 Å². The average Bonchev–Trinajstić information content (AvgIpc) is 2.46. The lowest BCUT2D eigenvalue weighted by Crippen LogP contribution is -2.10. The van der Waals surface area contributed by atoms with E-state index in [1.54, 1.807) is 19.3 Å². The Morgan fingerprint density at radius 3 is 2.80 bits per heavy atom. The molecule has 0 aliphatic carbocycles. The van der Waals surface area contributed by atoms with Crippen LogP contribution in [0.25, 0.3) is 0 Å². The SMILES string of the molecule is CCOC(=O)c1cnc(SCc2ccncc2)nc1N. The molecule has 0 unspecified atom stereocenters. The Morgan fingerprint density at radius 2 is 2.15 bits per heavy atom. The van der Waals surface area contributed by atoms with Crippen LogP contribution in [0.4, 0.5) is 5.82 Å². The van der Waals surface area contributed by atoms with Crippen molar-refractivity contribution in [2.75, 3.05) is 12.3 Å². The normalized spacial score (nSPS) is 10.2. The highest BCUT2D eigenvalue weighted by Gasteiger charge is 2.13. The van der Waals surface area contributed by atoms with Gasteiger partial charge in [-0.25, -0.2) is 14.8 Å². The zero-order valence-electron chi connectivity index (χ0n) is 10.9. The van der Waals surface area contributed by atoms with Crippen LogP contribution >= 0.6 is 11.8 Å². The molecule has 7 heteroatoms. The van der Waals surface area contributed by atoms with Gasteiger partial charge < -0.3 is 10.5 Å². The van der Waals surface area contributed by atoms with Gasteiger partial charge in [0.1, 0.15) is 11.4 Å². The minimum Gasteiger partial charge on any atom is -0.462 e. The van der Waals surface area contributed by atoms with E-state index in [1.807, 2.05) is 12.1 Å². The van der Waals surface area contributed by atoms with Gasteiger partial charge in [-0.05, 0) is 24.6 Å². The second kappa shape index (κ2) is 6.85. The van der Waals surface area contributed by atoms with Crippen LogP contribution in [0.3, 0.4) is 0 Å². The maximum Gasteiger partial charge on any atom is 0.343 e. The Labute approximate surface area is 120 Å². The van der Waals surface area contributed by atoms with Gasteiger partial charge in [-0.15, -0.1) is 0 Å². The van der Waals surface area contributed by atoms with E-state index in [-0.39, 0.29) is 18.0 Å². The van der Waals surface area contributed by atoms with E-state index >= 15 is 0 Å². The Hall–Kier alpha value is -2.15. The number of carbonyl (C=O) groups is 1. The van der Waals surface area contributed by atoms with E-state index in [9.17, 15) is 4.79 Å². The maximum absolute atomic E-state index is 11.6. The molecule has 0 aliphatic rings. The third-order valence-electron chi connectivity index (χ3n) is 2.41. The van der Waals surface area contributed by atoms with Crippen LogP contribution in [0.15, 0.2) is 35.9 Å². The Balaban J connectivity index is 2.04. The first-order chi connectivity index (χ1) is 9.70. The summed E-state index contributed by atoms with van der Waals surface area (Å²) < 4.78 is 4.87. The number of nitrogens with two attached hydrogens (primary N) is 1. The zero-order valence-corrected chi connectivity index (χ0v) is 11.8. The van der Waals surface area contributed by atoms with Crippen LogP contribution in [0.1, 0.15) is 22.8 Å². The summed E-state index contributed by atoms with van der Waals surface area (Å²) in [5, 5.41) is 0.521. The number of rotatable bonds is 5. The van der Waals surface area contributed by atoms with Crippen molar-refractivity contribution in [1.82, 2.24) is 15.0 Å². The molecule has 0 saturated carbocycles. The number of esters is 1. The molecule has 2 aromatic heterocycles. The fourth-order valence-corrected chi connectivity index (χ4v) is 2.22. The third kappa shape index (κ3) is 3.67. The van der Waals surface area contributed by atoms with Crippen LogP contribution in [0.5, 0.6) is 0 Å². The molecule has 2 heterocycles. The van der Waals surface area contributed by atoms with Crippen molar-refractivity contribution in [3.63, 3.8) is 0 Å². The lowest BCUT2D eigenvalue weighted by molar-refractivity contribution is 0.0526. The monoisotopic (exact) mass is 290 g/mol. The Kier molecular flexibility index (Phi) is 4.89. The van der Waals surface area contributed by atoms with Crippen molar-refractivity contribution in [2.24, 2.45) is 0 Å². The number of hydrogen-bond acceptors (Lipinski definition) is 7. The summed E-state index contributed by atoms with van der Waals surface area (Å²) in [6.07, 6.45) is 4.86. The van der Waals surface area contributed by atoms with Crippen molar-refractivity contribution < 1.29 is 9.53 Å². The number of pyridine rings is 1. The summed E-state index contributed by atoms with van der Waals surface area (Å²) in [6.45, 7) is 2.02. The van der Waals surface area contributed by atoms with E-state index in [0.29, 0.717) is 10.9 Å². The van der Waals surface area contributed by atoms with Crippen LogP contribution in [0.2, 0.25) is 0 Å². The van der Waals surface area contributed by atoms with Crippen molar-refractivity contribution in [3.8, 4) is 0 Å². The van der Waals surface area contributed by atoms with Gasteiger partial charge in [0.05, 0.1) is 6.61 Å². The van der Waals surface area contributed by atoms with E-state index < -0.39 is 5.97 Å². The Bertz CT molecular complexity index is 592. The molecule has 0 amide bonds. The number of ether oxygens (including phenoxy) is 1. The number of nitrogen functional groups attached to an aromatic ring is 1. The molecule has 0 aliphatic heterocycles. The van der Waals surface area contributed by atoms with Gasteiger partial charge in [-0.1, -0.05) is 11.8 Å². The van der Waals surface area contributed by atoms with Gasteiger partial charge >= 0.3 is 5.97 Å². The topological polar surface area (TPSA) is 91.0 Å². The van der Waals surface area contributed by atoms with E-state index in [4.69, 9.17) is 10.5 Å². The minimum atomic E-state index is -0.504. The van der Waals surface area contributed by atoms with Gasteiger partial charge in [0.15, 0.2) is 5.16 Å². The van der Waals surface area contributed by atoms with E-state index in [1.165, 1.54) is 18.0 Å². The van der Waals surface area contributed by atoms with Crippen molar-refractivity contribution in [2.45, 2.75) is 17.8 Å². The molecule has 2 N–H and O–H groups in total. The average molecular weight is 290 g/mol. The molecule has 2 rings (SSSR count). The van der Waals surface area contributed by atoms with Crippen LogP contribution in [0, 0.1) is 0 Å². The van der Waals surface area contributed by atoms with Crippen LogP contribution in [-0.2, 0) is 10.5 Å². The summed E-state index contributed by atoms with van der Waals surface area (Å²) in [6, 6.07) is 3.84. The first kappa shape index (κ1) is 14.3. The lowest BCUT2D eigenvalue weighted by atomic mass is 10.3. The summed E-state index contributed by atoms with van der Waals surface area (Å²) in [5.74, 6) is 0.340. The molecule has 0 aromatic carbocycles. The quantitative estimate of drug-likeness (QED) is 0.511. The van der Waals surface area contributed by atoms with Crippen molar-refractivity contribution >= 4 is 23.5 Å². The number of aromatic nitrogens is 3. The van der Waals surface area contributed by atoms with Gasteiger partial charge in [0.25, 0.3) is 0 Å². The van der Waals surface area contributed by atoms with Gasteiger partial charge in [-0.2, -0.15) is 0 Å². The highest BCUT2D eigenvalue weighted by molar-refractivity contribution is 7.98. The molecule has 0 spiro atoms. The molecular weight excluding hydrogens is 276 g/mol. The van der Waals surface area contributed by atoms with Crippen molar-refractivity contribution in [1.29, 1.82) is 0 Å². The predicted octanol–water partition coefficient (Wildman–Crippen LogP) is 1.92. The molecule has 2 aromatic rings. The van der Waals surface area contributed by atoms with Gasteiger partial charge in [0, 0.05) is 24.3 Å². The summed E-state index contributed by atoms with van der Waals surface area (Å²) in [4.78, 5) is 23.7. The lowest BCUT2D eigenvalue weighted by Gasteiger charge is -2.05. The second-order valence-corrected chi connectivity index (χ2v) is 4.76. The molecule has 0 bridgehead atoms. The highest BCUT2D eigenvalue weighted by Crippen LogP contribution is 2.20. The van der Waals surface area contributed by atoms with E-state index in [0.717, 1.165) is 5.56 Å². The summed E-state index contributed by atoms with van der Waals surface area (Å²) >= 11 is 1.44. The zero-order chi connectivity index (χ0) is 14.4. The summed E-state index contributed by atoms with van der Waals surface area (Å²) in [7, 11) is 0. The standard InChI is InChI=1S/C13H14N4O2S/c1-2-19-12(18)10-7-16-13(17-11(10)14)20-8-9-3-5-15-6-4-9/h3-7H,2,8H2,1H3,(H2,14,16,17). The molecule has 104 valence electrons. The third-order valence-corrected chi connectivity index (χ3v) is 3.34. The molecule has 0 radical (unpaired) electrons. The van der Waals surface area contributed by atoms with Crippen LogP contribution < -0.4 is 5.73 Å². The van der Waals surface area contributed by atoms with E-state index in [2.05, 4.69) is 15.0 Å². The number of anilines is 1. The molecular formula is C13H14N4O2S.